The maximum absolute atomic E-state index is 13.4. The lowest BCUT2D eigenvalue weighted by Gasteiger charge is -2.15. The van der Waals surface area contributed by atoms with Gasteiger partial charge in [-0.3, -0.25) is 14.2 Å². The summed E-state index contributed by atoms with van der Waals surface area (Å²) in [5.41, 5.74) is 4.92. The van der Waals surface area contributed by atoms with E-state index in [0.29, 0.717) is 54.4 Å². The molecule has 4 rings (SSSR count). The first-order valence-corrected chi connectivity index (χ1v) is 14.0. The summed E-state index contributed by atoms with van der Waals surface area (Å²) in [7, 11) is 0. The van der Waals surface area contributed by atoms with Crippen molar-refractivity contribution in [2.24, 2.45) is 0 Å². The van der Waals surface area contributed by atoms with Gasteiger partial charge in [0.25, 0.3) is 5.56 Å². The number of rotatable bonds is 11. The average Bonchev–Trinajstić information content (AvgIpc) is 2.97. The normalized spacial score (nSPS) is 11.4. The molecule has 218 valence electrons. The highest BCUT2D eigenvalue weighted by atomic mass is 16.5. The number of benzene rings is 3. The van der Waals surface area contributed by atoms with Crippen LogP contribution in [0.25, 0.3) is 11.1 Å². The van der Waals surface area contributed by atoms with Gasteiger partial charge in [-0.25, -0.2) is 9.78 Å². The second-order valence-corrected chi connectivity index (χ2v) is 9.93. The van der Waals surface area contributed by atoms with Crippen molar-refractivity contribution in [2.75, 3.05) is 23.8 Å². The summed E-state index contributed by atoms with van der Waals surface area (Å²) in [4.78, 5) is 42.3. The smallest absolute Gasteiger partial charge is 0.323 e. The third-order valence-corrected chi connectivity index (χ3v) is 6.81. The maximum Gasteiger partial charge on any atom is 0.323 e. The zero-order valence-corrected chi connectivity index (χ0v) is 24.3. The van der Waals surface area contributed by atoms with Gasteiger partial charge in [0, 0.05) is 11.9 Å². The Labute approximate surface area is 245 Å². The van der Waals surface area contributed by atoms with Gasteiger partial charge in [0.1, 0.15) is 5.75 Å². The summed E-state index contributed by atoms with van der Waals surface area (Å²) in [5, 5.41) is 5.68. The van der Waals surface area contributed by atoms with Crippen LogP contribution in [-0.2, 0) is 16.1 Å². The van der Waals surface area contributed by atoms with Crippen LogP contribution in [0.1, 0.15) is 49.8 Å². The summed E-state index contributed by atoms with van der Waals surface area (Å²) in [6, 6.07) is 20.1. The number of nitrogens with zero attached hydrogens (tertiary/aromatic N) is 2. The minimum Gasteiger partial charge on any atom is -0.492 e. The van der Waals surface area contributed by atoms with Gasteiger partial charge in [-0.2, -0.15) is 0 Å². The van der Waals surface area contributed by atoms with Crippen LogP contribution in [-0.4, -0.2) is 34.8 Å². The quantitative estimate of drug-likeness (QED) is 0.204. The lowest BCUT2D eigenvalue weighted by Crippen LogP contribution is -2.22. The van der Waals surface area contributed by atoms with E-state index in [1.54, 1.807) is 29.7 Å². The molecule has 9 nitrogen and oxygen atoms in total. The lowest BCUT2D eigenvalue weighted by atomic mass is 9.97. The fraction of sp³-hybridized carbons (Fsp3) is 0.273. The minimum atomic E-state index is -0.400. The van der Waals surface area contributed by atoms with Crippen LogP contribution in [0.3, 0.4) is 0 Å². The summed E-state index contributed by atoms with van der Waals surface area (Å²) < 4.78 is 12.4. The molecule has 0 saturated carbocycles. The number of hydrogen-bond acceptors (Lipinski definition) is 6. The van der Waals surface area contributed by atoms with E-state index in [0.717, 1.165) is 16.7 Å². The van der Waals surface area contributed by atoms with Crippen LogP contribution >= 0.6 is 0 Å². The van der Waals surface area contributed by atoms with Gasteiger partial charge in [-0.15, -0.1) is 0 Å². The molecule has 4 aromatic rings. The summed E-state index contributed by atoms with van der Waals surface area (Å²) >= 11 is 0. The molecule has 3 aromatic carbocycles. The second kappa shape index (κ2) is 14.1. The van der Waals surface area contributed by atoms with Gasteiger partial charge >= 0.3 is 12.0 Å². The zero-order chi connectivity index (χ0) is 30.1. The van der Waals surface area contributed by atoms with Crippen molar-refractivity contribution < 1.29 is 19.1 Å². The SMILES string of the molecule is CCOC(=O)CC(C)c1ccc(Cn2cncc(-c3ccc(NC(=O)Nc4ccccc4C)c(OCC)c3)c2=O)cc1. The highest BCUT2D eigenvalue weighted by Gasteiger charge is 2.15. The maximum atomic E-state index is 13.4. The molecular formula is C33H36N4O5. The summed E-state index contributed by atoms with van der Waals surface area (Å²) in [6.45, 7) is 8.63. The van der Waals surface area contributed by atoms with Crippen LogP contribution < -0.4 is 20.9 Å². The monoisotopic (exact) mass is 568 g/mol. The summed E-state index contributed by atoms with van der Waals surface area (Å²) in [6.07, 6.45) is 3.36. The van der Waals surface area contributed by atoms with Crippen LogP contribution in [0.5, 0.6) is 5.75 Å². The lowest BCUT2D eigenvalue weighted by molar-refractivity contribution is -0.143. The van der Waals surface area contributed by atoms with E-state index in [-0.39, 0.29) is 17.4 Å². The predicted octanol–water partition coefficient (Wildman–Crippen LogP) is 6.37. The Morgan fingerprint density at radius 3 is 2.40 bits per heavy atom. The van der Waals surface area contributed by atoms with E-state index in [9.17, 15) is 14.4 Å². The van der Waals surface area contributed by atoms with Crippen molar-refractivity contribution in [3.63, 3.8) is 0 Å². The van der Waals surface area contributed by atoms with Crippen molar-refractivity contribution in [3.05, 3.63) is 106 Å². The third-order valence-electron chi connectivity index (χ3n) is 6.81. The molecule has 0 radical (unpaired) electrons. The van der Waals surface area contributed by atoms with Crippen molar-refractivity contribution in [1.82, 2.24) is 9.55 Å². The molecule has 1 atom stereocenters. The number of carbonyl (C=O) groups is 2. The van der Waals surface area contributed by atoms with Crippen LogP contribution in [0, 0.1) is 6.92 Å². The molecule has 0 spiro atoms. The number of ether oxygens (including phenoxy) is 2. The van der Waals surface area contributed by atoms with E-state index in [1.807, 2.05) is 69.3 Å². The standard InChI is InChI=1S/C33H36N4O5/c1-5-41-30-18-26(15-16-29(30)36-33(40)35-28-10-8-7-9-22(28)3)27-19-34-21-37(32(27)39)20-24-11-13-25(14-12-24)23(4)17-31(38)42-6-2/h7-16,18-19,21,23H,5-6,17,20H2,1-4H3,(H2,35,36,40). The number of esters is 1. The minimum absolute atomic E-state index is 0.0244. The Hall–Kier alpha value is -4.92. The molecular weight excluding hydrogens is 532 g/mol. The van der Waals surface area contributed by atoms with Crippen molar-refractivity contribution >= 4 is 23.4 Å². The number of amides is 2. The molecule has 9 heteroatoms. The van der Waals surface area contributed by atoms with Crippen molar-refractivity contribution in [1.29, 1.82) is 0 Å². The van der Waals surface area contributed by atoms with Crippen LogP contribution in [0.15, 0.2) is 84.0 Å². The predicted molar refractivity (Wildman–Crippen MR) is 164 cm³/mol. The number of hydrogen-bond donors (Lipinski definition) is 2. The third kappa shape index (κ3) is 7.63. The van der Waals surface area contributed by atoms with E-state index >= 15 is 0 Å². The number of urea groups is 1. The molecule has 0 aliphatic rings. The van der Waals surface area contributed by atoms with Crippen LogP contribution in [0.4, 0.5) is 16.2 Å². The first kappa shape index (κ1) is 30.0. The van der Waals surface area contributed by atoms with Gasteiger partial charge in [0.15, 0.2) is 0 Å². The van der Waals surface area contributed by atoms with Gasteiger partial charge in [0.05, 0.1) is 43.8 Å². The number of carbonyl (C=O) groups excluding carboxylic acids is 2. The molecule has 2 amide bonds. The molecule has 42 heavy (non-hydrogen) atoms. The second-order valence-electron chi connectivity index (χ2n) is 9.93. The molecule has 0 saturated heterocycles. The molecule has 0 aliphatic carbocycles. The van der Waals surface area contributed by atoms with E-state index < -0.39 is 6.03 Å². The van der Waals surface area contributed by atoms with Gasteiger partial charge < -0.3 is 20.1 Å². The molecule has 0 fully saturated rings. The molecule has 1 heterocycles. The average molecular weight is 569 g/mol. The van der Waals surface area contributed by atoms with Gasteiger partial charge in [-0.1, -0.05) is 55.5 Å². The molecule has 1 unspecified atom stereocenters. The number of para-hydroxylation sites is 1. The molecule has 2 N–H and O–H groups in total. The Balaban J connectivity index is 1.50. The molecule has 0 bridgehead atoms. The molecule has 1 aromatic heterocycles. The fourth-order valence-corrected chi connectivity index (χ4v) is 4.55. The fourth-order valence-electron chi connectivity index (χ4n) is 4.55. The van der Waals surface area contributed by atoms with Crippen LogP contribution in [0.2, 0.25) is 0 Å². The van der Waals surface area contributed by atoms with Crippen molar-refractivity contribution in [3.8, 4) is 16.9 Å². The topological polar surface area (TPSA) is 112 Å². The van der Waals surface area contributed by atoms with E-state index in [4.69, 9.17) is 9.47 Å². The number of aryl methyl sites for hydroxylation is 1. The Bertz CT molecular complexity index is 1600. The van der Waals surface area contributed by atoms with E-state index in [2.05, 4.69) is 15.6 Å². The van der Waals surface area contributed by atoms with Gasteiger partial charge in [-0.05, 0) is 67.1 Å². The number of anilines is 2. The highest BCUT2D eigenvalue weighted by molar-refractivity contribution is 6.01. The number of aromatic nitrogens is 2. The Morgan fingerprint density at radius 1 is 0.952 bits per heavy atom. The Morgan fingerprint density at radius 2 is 1.69 bits per heavy atom. The Kier molecular flexibility index (Phi) is 10.1. The first-order chi connectivity index (χ1) is 20.3. The largest absolute Gasteiger partial charge is 0.492 e. The number of nitrogens with one attached hydrogen (secondary N) is 2. The van der Waals surface area contributed by atoms with Crippen molar-refractivity contribution in [2.45, 2.75) is 46.6 Å². The summed E-state index contributed by atoms with van der Waals surface area (Å²) in [5.74, 6) is 0.249. The van der Waals surface area contributed by atoms with E-state index in [1.165, 1.54) is 12.5 Å². The molecule has 0 aliphatic heterocycles. The zero-order valence-electron chi connectivity index (χ0n) is 24.3. The first-order valence-electron chi connectivity index (χ1n) is 14.0. The van der Waals surface area contributed by atoms with Gasteiger partial charge in [0.2, 0.25) is 0 Å². The highest BCUT2D eigenvalue weighted by Crippen LogP contribution is 2.30.